The van der Waals surface area contributed by atoms with Gasteiger partial charge in [0.15, 0.2) is 68.4 Å². The quantitative estimate of drug-likeness (QED) is 0.0183. The van der Waals surface area contributed by atoms with Gasteiger partial charge >= 0.3 is 296 Å². The van der Waals surface area contributed by atoms with Crippen LogP contribution in [0.15, 0.2) is 0 Å². The van der Waals surface area contributed by atoms with E-state index in [0.29, 0.717) is 4.72 Å². The van der Waals surface area contributed by atoms with Crippen LogP contribution in [0.4, 0.5) is 0 Å². The molecule has 0 amide bonds. The number of aliphatic hydroxyl groups is 6. The average molecular weight is 1740 g/mol. The van der Waals surface area contributed by atoms with Gasteiger partial charge in [0.2, 0.25) is 52.0 Å². The Morgan fingerprint density at radius 3 is 1.21 bits per heavy atom. The van der Waals surface area contributed by atoms with Crippen molar-refractivity contribution in [2.24, 2.45) is 0 Å². The molecule has 5 saturated heterocycles. The van der Waals surface area contributed by atoms with E-state index in [4.69, 9.17) is 48.9 Å². The molecular weight excluding hydrogens is 1680 g/mol. The van der Waals surface area contributed by atoms with Crippen LogP contribution in [0.2, 0.25) is 0 Å². The van der Waals surface area contributed by atoms with Crippen LogP contribution in [-0.4, -0.2) is 326 Å². The van der Waals surface area contributed by atoms with Crippen molar-refractivity contribution in [2.45, 2.75) is 153 Å². The molecule has 25 atom stereocenters. The molecule has 70 heteroatoms. The minimum Gasteiger partial charge on any atom is -0.735 e. The van der Waals surface area contributed by atoms with Crippen molar-refractivity contribution in [2.75, 3.05) is 26.9 Å². The number of nitrogens with one attached hydrogen (secondary N) is 3. The molecule has 5 rings (SSSR count). The maximum atomic E-state index is 13.0. The number of methoxy groups -OCH3 is 1. The molecule has 5 aliphatic heterocycles. The molecule has 9 N–H and O–H groups in total. The summed E-state index contributed by atoms with van der Waals surface area (Å²) >= 11 is 0. The van der Waals surface area contributed by atoms with E-state index in [9.17, 15) is 154 Å². The fraction of sp³-hybridized carbons (Fsp3) is 0.935. The van der Waals surface area contributed by atoms with E-state index in [-0.39, 0.29) is 296 Å². The molecule has 0 aromatic carbocycles. The second kappa shape index (κ2) is 49.0. The van der Waals surface area contributed by atoms with Crippen molar-refractivity contribution in [3.63, 3.8) is 0 Å². The largest absolute Gasteiger partial charge is 1.00 e. The first-order chi connectivity index (χ1) is 44.1. The Morgan fingerprint density at radius 1 is 0.406 bits per heavy atom. The van der Waals surface area contributed by atoms with Gasteiger partial charge in [0.05, 0.1) is 42.7 Å². The molecular formula is C31H43N3Na10O49S8. The fourth-order valence-corrected chi connectivity index (χ4v) is 11.9. The summed E-state index contributed by atoms with van der Waals surface area (Å²) in [6.07, 6.45) is -84.7. The summed E-state index contributed by atoms with van der Waals surface area (Å²) in [6, 6.07) is -9.90. The van der Waals surface area contributed by atoms with Crippen LogP contribution in [0.5, 0.6) is 0 Å². The molecule has 534 valence electrons. The Balaban J connectivity index is -0.00000265. The van der Waals surface area contributed by atoms with Crippen LogP contribution < -0.4 is 320 Å². The van der Waals surface area contributed by atoms with Crippen LogP contribution in [0.1, 0.15) is 11.0 Å². The molecule has 0 bridgehead atoms. The first-order valence-corrected chi connectivity index (χ1v) is 33.5. The number of carboxylic acid groups (broad SMARTS) is 2. The summed E-state index contributed by atoms with van der Waals surface area (Å²) < 4.78 is 424. The number of rotatable bonds is 30. The summed E-state index contributed by atoms with van der Waals surface area (Å²) in [5.74, 6) is -6.63. The van der Waals surface area contributed by atoms with E-state index in [1.165, 1.54) is 0 Å². The first-order valence-electron chi connectivity index (χ1n) is 26.6. The fourth-order valence-electron chi connectivity index (χ4n) is 8.25. The second-order valence-corrected chi connectivity index (χ2v) is 26.3. The smallest absolute Gasteiger partial charge is 0.735 e. The molecule has 52 nitrogen and oxygen atoms in total. The summed E-state index contributed by atoms with van der Waals surface area (Å²) in [5, 5.41) is 93.6. The van der Waals surface area contributed by atoms with Gasteiger partial charge in [0.25, 0.3) is 0 Å². The summed E-state index contributed by atoms with van der Waals surface area (Å²) in [7, 11) is -54.8. The van der Waals surface area contributed by atoms with Crippen LogP contribution >= 0.6 is 0 Å². The van der Waals surface area contributed by atoms with Gasteiger partial charge < -0.3 is 134 Å². The molecule has 5 aliphatic rings. The molecule has 0 unspecified atom stereocenters. The maximum absolute atomic E-state index is 13.0. The normalized spacial score (nSPS) is 39.7. The average Bonchev–Trinajstić information content (AvgIpc) is 0.675. The SMILES string of the molecule is [2H]C([2H])([2H])O[C@H]1O[C@H](COS(=O)(=O)[O-])[C@@H](O[C@@H]2O[C@@H](C(=O)[O-])[C@@H](O[C@H]3O[C@H](COS(=O)(=O)[O-])[C@H](O[C@]4([2H])O[C@]([2H])(C(=O)[O-])[C@@]([2H])(O[C@H]5O[C@H](COS(=O)(=O)[O-])[C@@H](O)[C@H](O)[C@H]5NS(=O)(=O)[O-])[C@]([2H])(O)[C@]4([2H])O)[C@H](OS(=O)(=O)[O-])[C@H]3NS(=O)(=O)[O-])[C@H](O)[C@H]2OS(=O)(=O)[O-])[C@H](O)[C@H]1NS(=O)(=O)[O-].[Na+].[Na+].[Na+].[Na+].[Na+].[Na+].[Na+].[Na+].[Na+].[Na+]. The van der Waals surface area contributed by atoms with E-state index in [0.717, 1.165) is 9.44 Å². The van der Waals surface area contributed by atoms with Crippen molar-refractivity contribution < 1.29 is 529 Å². The van der Waals surface area contributed by atoms with Gasteiger partial charge in [0, 0.05) is 7.04 Å². The number of aliphatic carboxylic acids is 2. The number of carbonyl (C=O) groups excluding carboxylic acids is 2. The van der Waals surface area contributed by atoms with Crippen LogP contribution in [0.25, 0.3) is 0 Å². The van der Waals surface area contributed by atoms with Crippen molar-refractivity contribution in [3.8, 4) is 0 Å². The van der Waals surface area contributed by atoms with Gasteiger partial charge in [-0.1, -0.05) is 0 Å². The minimum absolute atomic E-state index is 0. The van der Waals surface area contributed by atoms with E-state index in [2.05, 4.69) is 30.4 Å². The molecule has 101 heavy (non-hydrogen) atoms. The Bertz CT molecular complexity index is 3950. The third-order valence-corrected chi connectivity index (χ3v) is 15.5. The van der Waals surface area contributed by atoms with Crippen molar-refractivity contribution in [1.29, 1.82) is 0 Å². The Kier molecular flexibility index (Phi) is 49.7. The molecule has 0 aromatic rings. The molecule has 0 aromatic heterocycles. The summed E-state index contributed by atoms with van der Waals surface area (Å²) in [4.78, 5) is 26.0. The van der Waals surface area contributed by atoms with Crippen LogP contribution in [0, 0.1) is 0 Å². The van der Waals surface area contributed by atoms with Gasteiger partial charge in [-0.3, -0.25) is 20.9 Å². The first kappa shape index (κ1) is 102. The number of aliphatic hydroxyl groups excluding tert-OH is 4. The van der Waals surface area contributed by atoms with Gasteiger partial charge in [-0.15, -0.1) is 0 Å². The predicted octanol–water partition coefficient (Wildman–Crippen LogP) is -49.1. The molecule has 0 radical (unpaired) electrons. The third-order valence-electron chi connectivity index (χ3n) is 11.6. The minimum atomic E-state index is -7.00. The van der Waals surface area contributed by atoms with Gasteiger partial charge in [-0.05, 0) is 0 Å². The maximum Gasteiger partial charge on any atom is 1.00 e. The van der Waals surface area contributed by atoms with Gasteiger partial charge in [0.1, 0.15) is 116 Å². The van der Waals surface area contributed by atoms with E-state index >= 15 is 0 Å². The van der Waals surface area contributed by atoms with Crippen LogP contribution in [0.3, 0.4) is 0 Å². The second-order valence-electron chi connectivity index (χ2n) is 17.7. The zero-order chi connectivity index (χ0) is 76.6. The summed E-state index contributed by atoms with van der Waals surface area (Å²) in [5.41, 5.74) is 0. The van der Waals surface area contributed by atoms with E-state index < -0.39 is 275 Å². The Hall–Kier alpha value is 7.26. The number of ether oxygens (including phenoxy) is 10. The van der Waals surface area contributed by atoms with Crippen molar-refractivity contribution in [3.05, 3.63) is 0 Å². The molecule has 0 spiro atoms. The molecule has 5 fully saturated rings. The van der Waals surface area contributed by atoms with Crippen molar-refractivity contribution >= 4 is 94.8 Å². The topological polar surface area (TPSA) is 834 Å². The number of carbonyl (C=O) groups is 2. The predicted molar refractivity (Wildman–Crippen MR) is 242 cm³/mol. The Labute approximate surface area is 805 Å². The standard InChI is InChI=1S/C31H53N3O49S8.10Na/c1-69-27-9(33-85(48,49)50)13(37)17(6(74-27)3-71-88(57,58)59)76-31-22(83-91(66,67)68)16(40)21(24(81-31)26(43)44)79-29-10(34-86(51,52)53)19(82-90(63,64)65)18(7(75-29)4-72-89(60,61)62)77-30-15(39)14(38)20(23(80-30)25(41)42)78-28-8(32-84(45,46)47)12(36)11(35)5(73-28)2-70-87(54,55)56;;;;;;;;;;/h5-24,27-40H,2-4H2,1H3,(H,41,42)(H,43,44)(H,45,46,47)(H,48,49,50)(H,51,52,53)(H,54,55,56)(H,57,58,59)(H,60,61,62)(H,63,64,65)(H,66,67,68);;;;;;;;;;/q;10*+1/p-10/t5-,6-,7-,8-,9-,10-,11-,12-,13-,14-,15+,16+,17-,18+,19-,20+,21+,22-,23+,24-,27+,28-,29-,30-,31-;;;;;;;;;;/m1........../s1/i1D3,14D,15D,20D,23D,30D;;;;;;;;;;. The zero-order valence-corrected chi connectivity index (χ0v) is 79.2. The van der Waals surface area contributed by atoms with Gasteiger partial charge in [-0.25, -0.2) is 81.5 Å². The van der Waals surface area contributed by atoms with Gasteiger partial charge in [-0.2, -0.15) is 0 Å². The number of hydrogen-bond acceptors (Lipinski definition) is 49. The third kappa shape index (κ3) is 38.3. The molecule has 0 aliphatic carbocycles. The molecule has 0 saturated carbocycles. The molecule has 5 heterocycles. The van der Waals surface area contributed by atoms with E-state index in [1.807, 2.05) is 0 Å². The number of hydrogen-bond donors (Lipinski definition) is 9. The number of carboxylic acids is 2. The zero-order valence-electron chi connectivity index (χ0n) is 60.7. The monoisotopic (exact) mass is 1730 g/mol. The van der Waals surface area contributed by atoms with Crippen molar-refractivity contribution in [1.82, 2.24) is 14.2 Å². The summed E-state index contributed by atoms with van der Waals surface area (Å²) in [6.45, 7) is -6.30. The Morgan fingerprint density at radius 2 is 0.792 bits per heavy atom. The van der Waals surface area contributed by atoms with Crippen LogP contribution in [-0.2, 0) is 161 Å². The van der Waals surface area contributed by atoms with E-state index in [1.54, 1.807) is 0 Å².